The van der Waals surface area contributed by atoms with Gasteiger partial charge < -0.3 is 0 Å². The van der Waals surface area contributed by atoms with Gasteiger partial charge in [0.15, 0.2) is 0 Å². The van der Waals surface area contributed by atoms with Crippen molar-refractivity contribution in [2.24, 2.45) is 0 Å². The van der Waals surface area contributed by atoms with Crippen molar-refractivity contribution >= 4 is 23.6 Å². The molecule has 0 saturated carbocycles. The van der Waals surface area contributed by atoms with Crippen LogP contribution in [0.15, 0.2) is 24.3 Å². The smallest absolute Gasteiger partial charge is 0.262 e. The highest BCUT2D eigenvalue weighted by molar-refractivity contribution is 6.23. The van der Waals surface area contributed by atoms with E-state index in [1.165, 1.54) is 7.05 Å². The molecule has 102 valence electrons. The second kappa shape index (κ2) is 4.26. The van der Waals surface area contributed by atoms with Gasteiger partial charge in [0.25, 0.3) is 17.7 Å². The molecule has 0 aromatic heterocycles. The summed E-state index contributed by atoms with van der Waals surface area (Å²) in [5.41, 5.74) is 0.620. The van der Waals surface area contributed by atoms with Crippen LogP contribution in [-0.2, 0) is 9.59 Å². The molecule has 1 saturated heterocycles. The third kappa shape index (κ3) is 1.57. The van der Waals surface area contributed by atoms with Crippen molar-refractivity contribution < 1.29 is 19.2 Å². The van der Waals surface area contributed by atoms with E-state index in [0.717, 1.165) is 9.80 Å². The van der Waals surface area contributed by atoms with Crippen LogP contribution in [0.3, 0.4) is 0 Å². The molecule has 6 nitrogen and oxygen atoms in total. The summed E-state index contributed by atoms with van der Waals surface area (Å²) in [6.45, 7) is 0. The second-order valence-corrected chi connectivity index (χ2v) is 4.87. The van der Waals surface area contributed by atoms with Gasteiger partial charge in [-0.15, -0.1) is 0 Å². The lowest BCUT2D eigenvalue weighted by Crippen LogP contribution is -2.54. The molecule has 0 spiro atoms. The summed E-state index contributed by atoms with van der Waals surface area (Å²) in [6.07, 6.45) is 0.341. The van der Waals surface area contributed by atoms with E-state index in [1.54, 1.807) is 24.3 Å². The number of hydrogen-bond donors (Lipinski definition) is 0. The minimum absolute atomic E-state index is 0.153. The molecule has 4 amide bonds. The van der Waals surface area contributed by atoms with Gasteiger partial charge >= 0.3 is 0 Å². The van der Waals surface area contributed by atoms with Crippen molar-refractivity contribution in [2.45, 2.75) is 18.9 Å². The van der Waals surface area contributed by atoms with Crippen molar-refractivity contribution in [1.82, 2.24) is 9.80 Å². The van der Waals surface area contributed by atoms with Crippen molar-refractivity contribution in [3.63, 3.8) is 0 Å². The van der Waals surface area contributed by atoms with Gasteiger partial charge in [-0.05, 0) is 18.6 Å². The van der Waals surface area contributed by atoms with Gasteiger partial charge in [0.1, 0.15) is 6.04 Å². The van der Waals surface area contributed by atoms with Gasteiger partial charge in [-0.3, -0.25) is 29.0 Å². The lowest BCUT2D eigenvalue weighted by molar-refractivity contribution is -0.149. The minimum Gasteiger partial charge on any atom is -0.284 e. The van der Waals surface area contributed by atoms with Crippen LogP contribution in [-0.4, -0.2) is 46.5 Å². The van der Waals surface area contributed by atoms with Crippen molar-refractivity contribution in [3.8, 4) is 0 Å². The van der Waals surface area contributed by atoms with Crippen molar-refractivity contribution in [2.75, 3.05) is 7.05 Å². The molecule has 2 heterocycles. The number of likely N-dealkylation sites (N-methyl/N-ethyl adjacent to an activating group) is 1. The van der Waals surface area contributed by atoms with Gasteiger partial charge in [-0.2, -0.15) is 0 Å². The third-order valence-electron chi connectivity index (χ3n) is 3.76. The fraction of sp³-hybridized carbons (Fsp3) is 0.286. The quantitative estimate of drug-likeness (QED) is 0.695. The number of nitrogens with zero attached hydrogens (tertiary/aromatic N) is 2. The Kier molecular flexibility index (Phi) is 2.67. The van der Waals surface area contributed by atoms with Crippen molar-refractivity contribution in [1.29, 1.82) is 0 Å². The molecule has 3 rings (SSSR count). The second-order valence-electron chi connectivity index (χ2n) is 4.87. The molecule has 20 heavy (non-hydrogen) atoms. The summed E-state index contributed by atoms with van der Waals surface area (Å²) in [4.78, 5) is 50.1. The summed E-state index contributed by atoms with van der Waals surface area (Å²) in [5, 5.41) is 0. The lowest BCUT2D eigenvalue weighted by Gasteiger charge is -2.32. The zero-order valence-electron chi connectivity index (χ0n) is 10.8. The van der Waals surface area contributed by atoms with Gasteiger partial charge in [-0.25, -0.2) is 0 Å². The van der Waals surface area contributed by atoms with Crippen molar-refractivity contribution in [3.05, 3.63) is 35.4 Å². The molecule has 0 bridgehead atoms. The molecule has 0 aliphatic carbocycles. The van der Waals surface area contributed by atoms with Gasteiger partial charge in [0.2, 0.25) is 5.91 Å². The first-order valence-electron chi connectivity index (χ1n) is 6.29. The Bertz CT molecular complexity index is 617. The predicted octanol–water partition coefficient (Wildman–Crippen LogP) is 0.430. The highest BCUT2D eigenvalue weighted by Crippen LogP contribution is 2.28. The first-order chi connectivity index (χ1) is 9.52. The molecule has 2 aliphatic rings. The molecule has 1 aromatic rings. The molecule has 2 aliphatic heterocycles. The van der Waals surface area contributed by atoms with Gasteiger partial charge in [-0.1, -0.05) is 12.1 Å². The summed E-state index contributed by atoms with van der Waals surface area (Å²) >= 11 is 0. The fourth-order valence-electron chi connectivity index (χ4n) is 2.63. The number of amides is 4. The molecule has 6 heteroatoms. The molecule has 1 atom stereocenters. The first-order valence-corrected chi connectivity index (χ1v) is 6.29. The van der Waals surface area contributed by atoms with Crippen LogP contribution >= 0.6 is 0 Å². The van der Waals surface area contributed by atoms with Crippen LogP contribution in [0.1, 0.15) is 33.6 Å². The third-order valence-corrected chi connectivity index (χ3v) is 3.76. The Hall–Kier alpha value is -2.50. The average Bonchev–Trinajstić information content (AvgIpc) is 2.70. The summed E-state index contributed by atoms with van der Waals surface area (Å²) in [6, 6.07) is 5.60. The van der Waals surface area contributed by atoms with Crippen LogP contribution in [0.2, 0.25) is 0 Å². The zero-order chi connectivity index (χ0) is 14.4. The number of likely N-dealkylation sites (tertiary alicyclic amines) is 1. The van der Waals surface area contributed by atoms with Crippen LogP contribution in [0.4, 0.5) is 0 Å². The maximum atomic E-state index is 12.3. The van der Waals surface area contributed by atoms with Crippen LogP contribution in [0, 0.1) is 0 Å². The maximum Gasteiger partial charge on any atom is 0.262 e. The van der Waals surface area contributed by atoms with Crippen LogP contribution in [0.5, 0.6) is 0 Å². The largest absolute Gasteiger partial charge is 0.284 e. The number of benzene rings is 1. The Morgan fingerprint density at radius 2 is 1.55 bits per heavy atom. The Labute approximate surface area is 115 Å². The van der Waals surface area contributed by atoms with E-state index < -0.39 is 23.8 Å². The highest BCUT2D eigenvalue weighted by atomic mass is 16.2. The number of carbonyl (C=O) groups is 4. The Morgan fingerprint density at radius 1 is 1.00 bits per heavy atom. The Balaban J connectivity index is 1.97. The van der Waals surface area contributed by atoms with E-state index in [9.17, 15) is 19.2 Å². The van der Waals surface area contributed by atoms with E-state index in [1.807, 2.05) is 0 Å². The number of rotatable bonds is 1. The molecular weight excluding hydrogens is 260 g/mol. The lowest BCUT2D eigenvalue weighted by atomic mass is 10.0. The van der Waals surface area contributed by atoms with E-state index in [4.69, 9.17) is 0 Å². The Morgan fingerprint density at radius 3 is 2.10 bits per heavy atom. The van der Waals surface area contributed by atoms with E-state index in [2.05, 4.69) is 0 Å². The minimum atomic E-state index is -0.884. The zero-order valence-corrected chi connectivity index (χ0v) is 10.8. The van der Waals surface area contributed by atoms with E-state index in [0.29, 0.717) is 11.1 Å². The number of fused-ring (bicyclic) bond motifs is 1. The predicted molar refractivity (Wildman–Crippen MR) is 67.7 cm³/mol. The molecule has 1 aromatic carbocycles. The number of imide groups is 2. The van der Waals surface area contributed by atoms with E-state index in [-0.39, 0.29) is 18.7 Å². The van der Waals surface area contributed by atoms with Crippen LogP contribution < -0.4 is 0 Å². The van der Waals surface area contributed by atoms with Gasteiger partial charge in [0.05, 0.1) is 11.1 Å². The van der Waals surface area contributed by atoms with E-state index >= 15 is 0 Å². The average molecular weight is 272 g/mol. The first kappa shape index (κ1) is 12.5. The summed E-state index contributed by atoms with van der Waals surface area (Å²) in [5.74, 6) is -1.72. The number of hydrogen-bond acceptors (Lipinski definition) is 4. The fourth-order valence-corrected chi connectivity index (χ4v) is 2.63. The number of carbonyl (C=O) groups excluding carboxylic acids is 4. The van der Waals surface area contributed by atoms with Gasteiger partial charge in [0, 0.05) is 13.5 Å². The molecule has 0 N–H and O–H groups in total. The topological polar surface area (TPSA) is 74.8 Å². The standard InChI is InChI=1S/C14H12N2O4/c1-15-11(17)7-6-10(14(15)20)16-12(18)8-4-2-3-5-9(8)13(16)19/h2-5,10H,6-7H2,1H3/t10-/m0/s1. The number of piperidine rings is 1. The van der Waals surface area contributed by atoms with Crippen LogP contribution in [0.25, 0.3) is 0 Å². The summed E-state index contributed by atoms with van der Waals surface area (Å²) < 4.78 is 0. The SMILES string of the molecule is CN1C(=O)CC[C@H](N2C(=O)c3ccccc3C2=O)C1=O. The molecule has 1 fully saturated rings. The maximum absolute atomic E-state index is 12.3. The summed E-state index contributed by atoms with van der Waals surface area (Å²) in [7, 11) is 1.37. The molecule has 0 unspecified atom stereocenters. The molecular formula is C14H12N2O4. The normalized spacial score (nSPS) is 22.6. The molecule has 0 radical (unpaired) electrons. The monoisotopic (exact) mass is 272 g/mol. The highest BCUT2D eigenvalue weighted by Gasteiger charge is 2.45.